The molecular formula is C15H10N4O3S. The largest absolute Gasteiger partial charge is 0.437 e. The molecule has 0 saturated heterocycles. The molecule has 0 radical (unpaired) electrons. The lowest BCUT2D eigenvalue weighted by Crippen LogP contribution is -2.19. The second kappa shape index (κ2) is 6.32. The van der Waals surface area contributed by atoms with Gasteiger partial charge in [0.2, 0.25) is 5.55 Å². The quantitative estimate of drug-likeness (QED) is 0.451. The van der Waals surface area contributed by atoms with Gasteiger partial charge in [0.15, 0.2) is 0 Å². The fourth-order valence-corrected chi connectivity index (χ4v) is 2.10. The van der Waals surface area contributed by atoms with E-state index in [4.69, 9.17) is 16.6 Å². The van der Waals surface area contributed by atoms with Gasteiger partial charge in [-0.2, -0.15) is 0 Å². The molecule has 1 aromatic carbocycles. The Labute approximate surface area is 135 Å². The number of rotatable bonds is 3. The number of fused-ring (bicyclic) bond motifs is 1. The predicted octanol–water partition coefficient (Wildman–Crippen LogP) is 2.52. The Bertz CT molecular complexity index is 954. The van der Waals surface area contributed by atoms with Crippen LogP contribution in [0.25, 0.3) is 11.0 Å². The zero-order chi connectivity index (χ0) is 16.2. The minimum Gasteiger partial charge on any atom is -0.437 e. The molecule has 0 atom stereocenters. The van der Waals surface area contributed by atoms with Crippen molar-refractivity contribution in [3.8, 4) is 0 Å². The fraction of sp³-hybridized carbons (Fsp3) is 0. The van der Waals surface area contributed by atoms with Gasteiger partial charge < -0.3 is 4.42 Å². The molecule has 2 aromatic heterocycles. The molecule has 0 aliphatic carbocycles. The number of benzene rings is 1. The summed E-state index contributed by atoms with van der Waals surface area (Å²) in [5.41, 5.74) is 4.33. The van der Waals surface area contributed by atoms with Crippen molar-refractivity contribution in [1.29, 1.82) is 0 Å². The van der Waals surface area contributed by atoms with E-state index in [0.29, 0.717) is 21.5 Å². The van der Waals surface area contributed by atoms with Crippen molar-refractivity contribution in [2.75, 3.05) is 0 Å². The second-order valence-electron chi connectivity index (χ2n) is 4.54. The summed E-state index contributed by atoms with van der Waals surface area (Å²) in [5.74, 6) is 0. The van der Waals surface area contributed by atoms with E-state index in [1.165, 1.54) is 18.2 Å². The van der Waals surface area contributed by atoms with Crippen LogP contribution in [-0.4, -0.2) is 14.9 Å². The van der Waals surface area contributed by atoms with E-state index in [-0.39, 0.29) is 5.69 Å². The topological polar surface area (TPSA) is 93.6 Å². The van der Waals surface area contributed by atoms with Gasteiger partial charge in [-0.3, -0.25) is 20.5 Å². The maximum Gasteiger partial charge on any atom is 0.270 e. The Kier molecular flexibility index (Phi) is 4.07. The minimum atomic E-state index is -0.452. The standard InChI is InChI=1S/C15H10N4O3S/c20-19(21)12-2-3-13-11(9-12)1-4-14(22-13)17-18-15(23)10-5-7-16-8-6-10/h1-9H,(H,18,23)/b17-14-. The molecule has 0 amide bonds. The third kappa shape index (κ3) is 3.38. The lowest BCUT2D eigenvalue weighted by Gasteiger charge is -2.01. The summed E-state index contributed by atoms with van der Waals surface area (Å²) in [5, 5.41) is 15.4. The van der Waals surface area contributed by atoms with Gasteiger partial charge in [0.05, 0.1) is 4.92 Å². The van der Waals surface area contributed by atoms with Crippen LogP contribution in [0.15, 0.2) is 64.4 Å². The highest BCUT2D eigenvalue weighted by Crippen LogP contribution is 2.18. The molecule has 8 heteroatoms. The van der Waals surface area contributed by atoms with Crippen LogP contribution in [0.5, 0.6) is 0 Å². The SMILES string of the molecule is O=[N+]([O-])c1ccc2o/c(=N\NC(=S)c3ccncc3)ccc2c1. The molecule has 7 nitrogen and oxygen atoms in total. The van der Waals surface area contributed by atoms with Crippen LogP contribution in [-0.2, 0) is 0 Å². The normalized spacial score (nSPS) is 11.4. The van der Waals surface area contributed by atoms with Crippen molar-refractivity contribution in [3.63, 3.8) is 0 Å². The fourth-order valence-electron chi connectivity index (χ4n) is 1.91. The third-order valence-corrected chi connectivity index (χ3v) is 3.36. The predicted molar refractivity (Wildman–Crippen MR) is 87.5 cm³/mol. The van der Waals surface area contributed by atoms with Gasteiger partial charge in [0.25, 0.3) is 5.69 Å². The smallest absolute Gasteiger partial charge is 0.270 e. The van der Waals surface area contributed by atoms with E-state index in [9.17, 15) is 10.1 Å². The molecule has 0 unspecified atom stereocenters. The second-order valence-corrected chi connectivity index (χ2v) is 4.95. The molecule has 114 valence electrons. The van der Waals surface area contributed by atoms with Crippen LogP contribution < -0.4 is 11.0 Å². The zero-order valence-corrected chi connectivity index (χ0v) is 12.5. The molecule has 2 heterocycles. The lowest BCUT2D eigenvalue weighted by atomic mass is 10.2. The highest BCUT2D eigenvalue weighted by atomic mass is 32.1. The van der Waals surface area contributed by atoms with Crippen LogP contribution in [0.1, 0.15) is 5.56 Å². The van der Waals surface area contributed by atoms with Gasteiger partial charge in [0.1, 0.15) is 10.6 Å². The summed E-state index contributed by atoms with van der Waals surface area (Å²) in [6, 6.07) is 11.2. The first-order valence-corrected chi connectivity index (χ1v) is 6.97. The number of non-ortho nitro benzene ring substituents is 1. The first-order valence-electron chi connectivity index (χ1n) is 6.56. The van der Waals surface area contributed by atoms with Crippen LogP contribution in [0.3, 0.4) is 0 Å². The van der Waals surface area contributed by atoms with Gasteiger partial charge >= 0.3 is 0 Å². The number of nitrogens with one attached hydrogen (secondary N) is 1. The maximum atomic E-state index is 10.8. The van der Waals surface area contributed by atoms with E-state index >= 15 is 0 Å². The summed E-state index contributed by atoms with van der Waals surface area (Å²) in [4.78, 5) is 14.7. The number of nitrogens with zero attached hydrogens (tertiary/aromatic N) is 3. The van der Waals surface area contributed by atoms with Crippen LogP contribution >= 0.6 is 12.2 Å². The summed E-state index contributed by atoms with van der Waals surface area (Å²) < 4.78 is 5.56. The zero-order valence-electron chi connectivity index (χ0n) is 11.7. The van der Waals surface area contributed by atoms with Crippen molar-refractivity contribution < 1.29 is 9.34 Å². The van der Waals surface area contributed by atoms with E-state index in [0.717, 1.165) is 5.56 Å². The van der Waals surface area contributed by atoms with E-state index in [2.05, 4.69) is 15.5 Å². The number of nitro benzene ring substituents is 1. The van der Waals surface area contributed by atoms with Gasteiger partial charge in [-0.15, -0.1) is 5.10 Å². The molecule has 1 N–H and O–H groups in total. The molecule has 23 heavy (non-hydrogen) atoms. The highest BCUT2D eigenvalue weighted by Gasteiger charge is 2.06. The third-order valence-electron chi connectivity index (χ3n) is 3.03. The minimum absolute atomic E-state index is 0.00868. The molecule has 0 fully saturated rings. The molecule has 0 aliphatic heterocycles. The van der Waals surface area contributed by atoms with Crippen molar-refractivity contribution in [1.82, 2.24) is 10.4 Å². The first kappa shape index (κ1) is 14.8. The molecule has 3 aromatic rings. The van der Waals surface area contributed by atoms with Crippen molar-refractivity contribution in [3.05, 3.63) is 76.1 Å². The first-order chi connectivity index (χ1) is 11.1. The van der Waals surface area contributed by atoms with Crippen LogP contribution in [0, 0.1) is 10.1 Å². The number of hydrogen-bond donors (Lipinski definition) is 1. The Morgan fingerprint density at radius 2 is 2.00 bits per heavy atom. The van der Waals surface area contributed by atoms with Gasteiger partial charge in [-0.05, 0) is 24.3 Å². The molecule has 0 aliphatic rings. The number of pyridine rings is 1. The summed E-state index contributed by atoms with van der Waals surface area (Å²) in [7, 11) is 0. The highest BCUT2D eigenvalue weighted by molar-refractivity contribution is 7.80. The monoisotopic (exact) mass is 326 g/mol. The summed E-state index contributed by atoms with van der Waals surface area (Å²) >= 11 is 5.21. The van der Waals surface area contributed by atoms with Crippen molar-refractivity contribution >= 4 is 33.9 Å². The maximum absolute atomic E-state index is 10.8. The van der Waals surface area contributed by atoms with Gasteiger partial charge in [-0.1, -0.05) is 12.2 Å². The van der Waals surface area contributed by atoms with E-state index in [1.54, 1.807) is 36.7 Å². The van der Waals surface area contributed by atoms with Gasteiger partial charge in [0, 0.05) is 41.5 Å². The number of aromatic nitrogens is 1. The molecule has 0 spiro atoms. The Hall–Kier alpha value is -3.13. The lowest BCUT2D eigenvalue weighted by molar-refractivity contribution is -0.384. The summed E-state index contributed by atoms with van der Waals surface area (Å²) in [6.07, 6.45) is 3.27. The molecular weight excluding hydrogens is 316 g/mol. The molecule has 3 rings (SSSR count). The molecule has 0 bridgehead atoms. The Morgan fingerprint density at radius 1 is 1.22 bits per heavy atom. The average molecular weight is 326 g/mol. The average Bonchev–Trinajstić information content (AvgIpc) is 2.59. The van der Waals surface area contributed by atoms with E-state index < -0.39 is 4.92 Å². The number of thiocarbonyl (C=S) groups is 1. The Morgan fingerprint density at radius 3 is 2.74 bits per heavy atom. The van der Waals surface area contributed by atoms with E-state index in [1.807, 2.05) is 0 Å². The van der Waals surface area contributed by atoms with Crippen LogP contribution in [0.2, 0.25) is 0 Å². The van der Waals surface area contributed by atoms with Gasteiger partial charge in [-0.25, -0.2) is 0 Å². The number of hydrogen-bond acceptors (Lipinski definition) is 6. The van der Waals surface area contributed by atoms with Crippen LogP contribution in [0.4, 0.5) is 5.69 Å². The van der Waals surface area contributed by atoms with Crippen molar-refractivity contribution in [2.24, 2.45) is 5.10 Å². The molecule has 0 saturated carbocycles. The number of nitro groups is 1. The summed E-state index contributed by atoms with van der Waals surface area (Å²) in [6.45, 7) is 0. The van der Waals surface area contributed by atoms with Crippen molar-refractivity contribution in [2.45, 2.75) is 0 Å². The Balaban J connectivity index is 1.87.